The predicted octanol–water partition coefficient (Wildman–Crippen LogP) is 1.33. The predicted molar refractivity (Wildman–Crippen MR) is 67.7 cm³/mol. The molecule has 100 valence electrons. The SMILES string of the molecule is N#Cc1ccc(Oc2cncc(NN)n2)c([N+](=O)[O-])c1. The number of nitrogens with two attached hydrogens (primary N) is 1. The lowest BCUT2D eigenvalue weighted by molar-refractivity contribution is -0.385. The molecule has 2 rings (SSSR count). The van der Waals surface area contributed by atoms with Crippen LogP contribution in [0.4, 0.5) is 11.5 Å². The molecule has 0 fully saturated rings. The van der Waals surface area contributed by atoms with Gasteiger partial charge in [-0.15, -0.1) is 0 Å². The number of nitrogens with zero attached hydrogens (tertiary/aromatic N) is 4. The number of aromatic nitrogens is 2. The summed E-state index contributed by atoms with van der Waals surface area (Å²) in [6.07, 6.45) is 2.64. The summed E-state index contributed by atoms with van der Waals surface area (Å²) in [7, 11) is 0. The molecule has 2 aromatic rings. The molecule has 1 aromatic carbocycles. The van der Waals surface area contributed by atoms with Crippen LogP contribution in [0, 0.1) is 21.4 Å². The quantitative estimate of drug-likeness (QED) is 0.482. The largest absolute Gasteiger partial charge is 0.430 e. The smallest absolute Gasteiger partial charge is 0.312 e. The van der Waals surface area contributed by atoms with E-state index in [-0.39, 0.29) is 28.7 Å². The van der Waals surface area contributed by atoms with Crippen LogP contribution in [-0.4, -0.2) is 14.9 Å². The summed E-state index contributed by atoms with van der Waals surface area (Å²) in [5.41, 5.74) is 2.10. The van der Waals surface area contributed by atoms with Gasteiger partial charge in [-0.25, -0.2) is 5.84 Å². The standard InChI is InChI=1S/C11H8N6O3/c12-4-7-1-2-9(8(3-7)17(18)19)20-11-6-14-5-10(15-11)16-13/h1-3,5-6H,13H2,(H,15,16). The third-order valence-corrected chi connectivity index (χ3v) is 2.26. The average molecular weight is 272 g/mol. The van der Waals surface area contributed by atoms with Gasteiger partial charge in [0.25, 0.3) is 0 Å². The van der Waals surface area contributed by atoms with Gasteiger partial charge in [-0.1, -0.05) is 0 Å². The molecular weight excluding hydrogens is 264 g/mol. The summed E-state index contributed by atoms with van der Waals surface area (Å²) >= 11 is 0. The molecule has 0 aliphatic carbocycles. The fourth-order valence-electron chi connectivity index (χ4n) is 1.40. The Labute approximate surface area is 112 Å². The molecule has 0 amide bonds. The van der Waals surface area contributed by atoms with E-state index in [2.05, 4.69) is 15.4 Å². The molecule has 0 spiro atoms. The molecule has 0 atom stereocenters. The molecule has 0 aliphatic heterocycles. The van der Waals surface area contributed by atoms with Crippen molar-refractivity contribution in [3.63, 3.8) is 0 Å². The number of hydrogen-bond donors (Lipinski definition) is 2. The van der Waals surface area contributed by atoms with E-state index in [0.29, 0.717) is 0 Å². The van der Waals surface area contributed by atoms with E-state index in [1.165, 1.54) is 24.5 Å². The number of ether oxygens (including phenoxy) is 1. The third-order valence-electron chi connectivity index (χ3n) is 2.26. The fourth-order valence-corrected chi connectivity index (χ4v) is 1.40. The molecule has 20 heavy (non-hydrogen) atoms. The van der Waals surface area contributed by atoms with Crippen molar-refractivity contribution in [2.24, 2.45) is 5.84 Å². The molecule has 0 radical (unpaired) electrons. The number of nitro groups is 1. The maximum atomic E-state index is 11.0. The highest BCUT2D eigenvalue weighted by Gasteiger charge is 2.17. The van der Waals surface area contributed by atoms with Gasteiger partial charge in [0.15, 0.2) is 5.82 Å². The summed E-state index contributed by atoms with van der Waals surface area (Å²) < 4.78 is 5.29. The molecule has 0 bridgehead atoms. The molecule has 0 unspecified atom stereocenters. The number of anilines is 1. The van der Waals surface area contributed by atoms with Crippen LogP contribution in [0.5, 0.6) is 11.6 Å². The van der Waals surface area contributed by atoms with Crippen LogP contribution in [0.15, 0.2) is 30.6 Å². The Morgan fingerprint density at radius 1 is 1.45 bits per heavy atom. The van der Waals surface area contributed by atoms with Gasteiger partial charge in [0.1, 0.15) is 0 Å². The number of nitro benzene ring substituents is 1. The van der Waals surface area contributed by atoms with E-state index in [1.54, 1.807) is 0 Å². The number of nitrogen functional groups attached to an aromatic ring is 1. The van der Waals surface area contributed by atoms with Crippen molar-refractivity contribution in [1.82, 2.24) is 9.97 Å². The van der Waals surface area contributed by atoms with Crippen molar-refractivity contribution in [1.29, 1.82) is 5.26 Å². The Morgan fingerprint density at radius 3 is 2.90 bits per heavy atom. The van der Waals surface area contributed by atoms with Crippen LogP contribution < -0.4 is 16.0 Å². The highest BCUT2D eigenvalue weighted by atomic mass is 16.6. The first-order valence-corrected chi connectivity index (χ1v) is 5.29. The van der Waals surface area contributed by atoms with Crippen LogP contribution in [0.1, 0.15) is 5.56 Å². The summed E-state index contributed by atoms with van der Waals surface area (Å²) in [4.78, 5) is 18.0. The Balaban J connectivity index is 2.37. The summed E-state index contributed by atoms with van der Waals surface area (Å²) in [6.45, 7) is 0. The normalized spacial score (nSPS) is 9.60. The van der Waals surface area contributed by atoms with Gasteiger partial charge in [-0.2, -0.15) is 10.2 Å². The van der Waals surface area contributed by atoms with Crippen LogP contribution in [-0.2, 0) is 0 Å². The fraction of sp³-hybridized carbons (Fsp3) is 0. The van der Waals surface area contributed by atoms with E-state index in [0.717, 1.165) is 6.07 Å². The van der Waals surface area contributed by atoms with Crippen LogP contribution >= 0.6 is 0 Å². The summed E-state index contributed by atoms with van der Waals surface area (Å²) in [6, 6.07) is 5.66. The van der Waals surface area contributed by atoms with Gasteiger partial charge in [-0.05, 0) is 12.1 Å². The zero-order valence-corrected chi connectivity index (χ0v) is 9.98. The van der Waals surface area contributed by atoms with Gasteiger partial charge in [0, 0.05) is 6.07 Å². The Hall–Kier alpha value is -3.25. The molecular formula is C11H8N6O3. The van der Waals surface area contributed by atoms with Gasteiger partial charge < -0.3 is 10.2 Å². The summed E-state index contributed by atoms with van der Waals surface area (Å²) in [5, 5.41) is 19.7. The minimum atomic E-state index is -0.644. The number of nitrogens with one attached hydrogen (secondary N) is 1. The van der Waals surface area contributed by atoms with E-state index in [1.807, 2.05) is 6.07 Å². The van der Waals surface area contributed by atoms with Crippen molar-refractivity contribution in [2.75, 3.05) is 5.43 Å². The van der Waals surface area contributed by atoms with Gasteiger partial charge in [0.05, 0.1) is 28.9 Å². The molecule has 0 saturated heterocycles. The maximum Gasteiger partial charge on any atom is 0.312 e. The maximum absolute atomic E-state index is 11.0. The number of nitriles is 1. The second-order valence-corrected chi connectivity index (χ2v) is 3.54. The topological polar surface area (TPSA) is 140 Å². The van der Waals surface area contributed by atoms with Crippen LogP contribution in [0.2, 0.25) is 0 Å². The molecule has 1 heterocycles. The average Bonchev–Trinajstić information content (AvgIpc) is 2.47. The Bertz CT molecular complexity index is 697. The molecule has 9 nitrogen and oxygen atoms in total. The third kappa shape index (κ3) is 2.77. The first kappa shape index (κ1) is 13.2. The first-order valence-electron chi connectivity index (χ1n) is 5.29. The van der Waals surface area contributed by atoms with E-state index >= 15 is 0 Å². The Kier molecular flexibility index (Phi) is 3.69. The van der Waals surface area contributed by atoms with Crippen molar-refractivity contribution >= 4 is 11.5 Å². The van der Waals surface area contributed by atoms with Gasteiger partial charge >= 0.3 is 5.69 Å². The highest BCUT2D eigenvalue weighted by Crippen LogP contribution is 2.31. The number of hydrogen-bond acceptors (Lipinski definition) is 8. The first-order chi connectivity index (χ1) is 9.63. The Morgan fingerprint density at radius 2 is 2.25 bits per heavy atom. The van der Waals surface area contributed by atoms with E-state index in [9.17, 15) is 10.1 Å². The summed E-state index contributed by atoms with van der Waals surface area (Å²) in [5.74, 6) is 5.42. The van der Waals surface area contributed by atoms with Crippen LogP contribution in [0.25, 0.3) is 0 Å². The molecule has 1 aromatic heterocycles. The van der Waals surface area contributed by atoms with Crippen molar-refractivity contribution in [3.05, 3.63) is 46.3 Å². The number of hydrazine groups is 1. The minimum absolute atomic E-state index is 0.0354. The minimum Gasteiger partial charge on any atom is -0.430 e. The lowest BCUT2D eigenvalue weighted by Crippen LogP contribution is -2.09. The van der Waals surface area contributed by atoms with Crippen molar-refractivity contribution in [3.8, 4) is 17.7 Å². The van der Waals surface area contributed by atoms with Crippen molar-refractivity contribution in [2.45, 2.75) is 0 Å². The molecule has 0 aliphatic rings. The number of rotatable bonds is 4. The van der Waals surface area contributed by atoms with E-state index in [4.69, 9.17) is 15.8 Å². The highest BCUT2D eigenvalue weighted by molar-refractivity contribution is 5.52. The monoisotopic (exact) mass is 272 g/mol. The van der Waals surface area contributed by atoms with E-state index < -0.39 is 4.92 Å². The zero-order valence-electron chi connectivity index (χ0n) is 9.98. The second kappa shape index (κ2) is 5.59. The number of benzene rings is 1. The lowest BCUT2D eigenvalue weighted by Gasteiger charge is -2.06. The second-order valence-electron chi connectivity index (χ2n) is 3.54. The molecule has 3 N–H and O–H groups in total. The van der Waals surface area contributed by atoms with Gasteiger partial charge in [-0.3, -0.25) is 15.1 Å². The van der Waals surface area contributed by atoms with Crippen molar-refractivity contribution < 1.29 is 9.66 Å². The van der Waals surface area contributed by atoms with Crippen LogP contribution in [0.3, 0.4) is 0 Å². The zero-order chi connectivity index (χ0) is 14.5. The lowest BCUT2D eigenvalue weighted by atomic mass is 10.2. The molecule has 0 saturated carbocycles. The van der Waals surface area contributed by atoms with Gasteiger partial charge in [0.2, 0.25) is 11.6 Å². The molecule has 9 heteroatoms.